The Morgan fingerprint density at radius 1 is 0.833 bits per heavy atom. The van der Waals surface area contributed by atoms with E-state index >= 15 is 0 Å². The van der Waals surface area contributed by atoms with Gasteiger partial charge in [-0.25, -0.2) is 4.79 Å². The number of rotatable bonds is 3. The van der Waals surface area contributed by atoms with Gasteiger partial charge in [-0.05, 0) is 63.3 Å². The van der Waals surface area contributed by atoms with Crippen molar-refractivity contribution in [2.75, 3.05) is 0 Å². The summed E-state index contributed by atoms with van der Waals surface area (Å²) in [6.07, 6.45) is 0. The summed E-state index contributed by atoms with van der Waals surface area (Å²) in [5.74, 6) is -0.524. The number of carboxylic acid groups (broad SMARTS) is 1. The maximum absolute atomic E-state index is 13.3. The summed E-state index contributed by atoms with van der Waals surface area (Å²) in [6.45, 7) is 13.1. The lowest BCUT2D eigenvalue weighted by Gasteiger charge is -2.32. The molecule has 1 N–H and O–H groups in total. The Morgan fingerprint density at radius 2 is 1.43 bits per heavy atom. The Bertz CT molecular complexity index is 1210. The van der Waals surface area contributed by atoms with E-state index in [9.17, 15) is 14.7 Å². The molecule has 154 valence electrons. The zero-order valence-electron chi connectivity index (χ0n) is 18.5. The first-order valence-electron chi connectivity index (χ1n) is 10.4. The number of carbonyl (C=O) groups excluding carboxylic acids is 1. The molecule has 0 radical (unpaired) electrons. The second kappa shape index (κ2) is 6.53. The molecule has 4 rings (SSSR count). The van der Waals surface area contributed by atoms with E-state index in [0.29, 0.717) is 33.6 Å². The van der Waals surface area contributed by atoms with Crippen molar-refractivity contribution < 1.29 is 14.7 Å². The van der Waals surface area contributed by atoms with Crippen LogP contribution in [0.1, 0.15) is 77.6 Å². The van der Waals surface area contributed by atoms with Crippen molar-refractivity contribution in [3.63, 3.8) is 0 Å². The Hall–Kier alpha value is -2.94. The number of fused-ring (bicyclic) bond motifs is 2. The van der Waals surface area contributed by atoms with Gasteiger partial charge in [0.1, 0.15) is 0 Å². The van der Waals surface area contributed by atoms with Crippen LogP contribution in [-0.2, 0) is 10.8 Å². The highest BCUT2D eigenvalue weighted by Gasteiger charge is 2.48. The third kappa shape index (κ3) is 2.79. The van der Waals surface area contributed by atoms with E-state index in [2.05, 4.69) is 46.8 Å². The molecule has 0 fully saturated rings. The lowest BCUT2D eigenvalue weighted by atomic mass is 9.71. The van der Waals surface area contributed by atoms with Gasteiger partial charge in [0.15, 0.2) is 5.78 Å². The van der Waals surface area contributed by atoms with E-state index in [1.807, 2.05) is 12.1 Å². The van der Waals surface area contributed by atoms with E-state index in [0.717, 1.165) is 5.39 Å². The molecule has 1 aliphatic rings. The van der Waals surface area contributed by atoms with Crippen LogP contribution in [0, 0.1) is 12.8 Å². The largest absolute Gasteiger partial charge is 0.478 e. The number of aryl methyl sites for hydroxylation is 1. The van der Waals surface area contributed by atoms with Crippen LogP contribution in [-0.4, -0.2) is 16.9 Å². The Kier molecular flexibility index (Phi) is 4.43. The molecule has 0 aromatic heterocycles. The zero-order chi connectivity index (χ0) is 22.0. The van der Waals surface area contributed by atoms with E-state index in [1.165, 1.54) is 11.1 Å². The summed E-state index contributed by atoms with van der Waals surface area (Å²) < 4.78 is 0. The first kappa shape index (κ1) is 20.3. The lowest BCUT2D eigenvalue weighted by Crippen LogP contribution is -2.30. The minimum Gasteiger partial charge on any atom is -0.478 e. The normalized spacial score (nSPS) is 18.9. The summed E-state index contributed by atoms with van der Waals surface area (Å²) >= 11 is 0. The number of ketones is 1. The third-order valence-corrected chi connectivity index (χ3v) is 7.54. The van der Waals surface area contributed by atoms with Crippen molar-refractivity contribution >= 4 is 22.5 Å². The molecular formula is C27H28O3. The van der Waals surface area contributed by atoms with Crippen LogP contribution in [0.2, 0.25) is 0 Å². The zero-order valence-corrected chi connectivity index (χ0v) is 18.5. The molecule has 3 aromatic rings. The number of hydrogen-bond donors (Lipinski definition) is 1. The molecule has 0 bridgehead atoms. The molecule has 3 nitrogen and oxygen atoms in total. The van der Waals surface area contributed by atoms with Crippen LogP contribution in [0.15, 0.2) is 48.5 Å². The van der Waals surface area contributed by atoms with Crippen LogP contribution in [0.3, 0.4) is 0 Å². The molecule has 3 heteroatoms. The van der Waals surface area contributed by atoms with Crippen molar-refractivity contribution in [2.24, 2.45) is 5.92 Å². The summed E-state index contributed by atoms with van der Waals surface area (Å²) in [7, 11) is 0. The second-order valence-electron chi connectivity index (χ2n) is 9.75. The fourth-order valence-electron chi connectivity index (χ4n) is 5.18. The molecule has 0 amide bonds. The minimum atomic E-state index is -0.949. The van der Waals surface area contributed by atoms with Gasteiger partial charge in [-0.3, -0.25) is 4.79 Å². The first-order valence-corrected chi connectivity index (χ1v) is 10.4. The van der Waals surface area contributed by atoms with Gasteiger partial charge in [-0.2, -0.15) is 0 Å². The first-order chi connectivity index (χ1) is 14.0. The van der Waals surface area contributed by atoms with Gasteiger partial charge >= 0.3 is 5.97 Å². The van der Waals surface area contributed by atoms with Crippen LogP contribution in [0.5, 0.6) is 0 Å². The minimum absolute atomic E-state index is 0.00752. The van der Waals surface area contributed by atoms with Crippen molar-refractivity contribution in [1.82, 2.24) is 0 Å². The molecule has 3 aromatic carbocycles. The molecule has 1 unspecified atom stereocenters. The smallest absolute Gasteiger partial charge is 0.336 e. The monoisotopic (exact) mass is 400 g/mol. The standard InChI is InChI=1S/C27H28O3/c1-15-7-8-17-13-18(9-11-20(17)23(15)25(29)30)24(28)19-10-12-21-22(14-19)27(5,6)16(2)26(21,3)4/h7-14,16H,1-6H3,(H,29,30). The molecule has 0 heterocycles. The quantitative estimate of drug-likeness (QED) is 0.526. The molecule has 1 aliphatic carbocycles. The third-order valence-electron chi connectivity index (χ3n) is 7.54. The van der Waals surface area contributed by atoms with Gasteiger partial charge in [-0.15, -0.1) is 0 Å². The Labute approximate surface area is 177 Å². The van der Waals surface area contributed by atoms with Crippen LogP contribution < -0.4 is 0 Å². The number of carboxylic acids is 1. The number of benzene rings is 3. The van der Waals surface area contributed by atoms with Gasteiger partial charge in [0, 0.05) is 11.1 Å². The van der Waals surface area contributed by atoms with Crippen LogP contribution in [0.25, 0.3) is 10.8 Å². The highest BCUT2D eigenvalue weighted by atomic mass is 16.4. The number of hydrogen-bond acceptors (Lipinski definition) is 2. The Morgan fingerprint density at radius 3 is 2.10 bits per heavy atom. The van der Waals surface area contributed by atoms with E-state index in [1.54, 1.807) is 31.2 Å². The van der Waals surface area contributed by atoms with E-state index < -0.39 is 5.97 Å². The van der Waals surface area contributed by atoms with Gasteiger partial charge in [0.2, 0.25) is 0 Å². The van der Waals surface area contributed by atoms with Crippen LogP contribution in [0.4, 0.5) is 0 Å². The molecule has 30 heavy (non-hydrogen) atoms. The summed E-state index contributed by atoms with van der Waals surface area (Å²) in [5.41, 5.74) is 4.88. The molecular weight excluding hydrogens is 372 g/mol. The van der Waals surface area contributed by atoms with E-state index in [4.69, 9.17) is 0 Å². The molecule has 1 atom stereocenters. The van der Waals surface area contributed by atoms with Gasteiger partial charge < -0.3 is 5.11 Å². The topological polar surface area (TPSA) is 54.4 Å². The van der Waals surface area contributed by atoms with Gasteiger partial charge in [0.25, 0.3) is 0 Å². The maximum Gasteiger partial charge on any atom is 0.336 e. The molecule has 0 spiro atoms. The summed E-state index contributed by atoms with van der Waals surface area (Å²) in [5, 5.41) is 11.0. The van der Waals surface area contributed by atoms with Crippen LogP contribution >= 0.6 is 0 Å². The average molecular weight is 401 g/mol. The average Bonchev–Trinajstić information content (AvgIpc) is 2.83. The maximum atomic E-state index is 13.3. The second-order valence-corrected chi connectivity index (χ2v) is 9.75. The van der Waals surface area contributed by atoms with Crippen molar-refractivity contribution in [3.05, 3.63) is 81.9 Å². The van der Waals surface area contributed by atoms with Crippen molar-refractivity contribution in [3.8, 4) is 0 Å². The highest BCUT2D eigenvalue weighted by molar-refractivity contribution is 6.12. The fraction of sp³-hybridized carbons (Fsp3) is 0.333. The van der Waals surface area contributed by atoms with Crippen molar-refractivity contribution in [1.29, 1.82) is 0 Å². The highest BCUT2D eigenvalue weighted by Crippen LogP contribution is 2.53. The Balaban J connectivity index is 1.80. The predicted molar refractivity (Wildman–Crippen MR) is 121 cm³/mol. The molecule has 0 saturated heterocycles. The molecule has 0 saturated carbocycles. The predicted octanol–water partition coefficient (Wildman–Crippen LogP) is 6.28. The van der Waals surface area contributed by atoms with Crippen molar-refractivity contribution in [2.45, 2.75) is 52.4 Å². The fourth-order valence-corrected chi connectivity index (χ4v) is 5.18. The van der Waals surface area contributed by atoms with Gasteiger partial charge in [0.05, 0.1) is 5.56 Å². The lowest BCUT2D eigenvalue weighted by molar-refractivity contribution is 0.0698. The van der Waals surface area contributed by atoms with Gasteiger partial charge in [-0.1, -0.05) is 71.0 Å². The number of aromatic carboxylic acids is 1. The summed E-state index contributed by atoms with van der Waals surface area (Å²) in [4.78, 5) is 25.0. The SMILES string of the molecule is Cc1ccc2cc(C(=O)c3ccc4c(c3)C(C)(C)C(C)C4(C)C)ccc2c1C(=O)O. The number of carbonyl (C=O) groups is 2. The molecule has 0 aliphatic heterocycles. The van der Waals surface area contributed by atoms with E-state index in [-0.39, 0.29) is 16.6 Å². The summed E-state index contributed by atoms with van der Waals surface area (Å²) in [6, 6.07) is 15.1.